The van der Waals surface area contributed by atoms with Crippen LogP contribution in [-0.2, 0) is 6.42 Å². The molecule has 0 spiro atoms. The molecule has 108 valence electrons. The van der Waals surface area contributed by atoms with Crippen molar-refractivity contribution in [3.05, 3.63) is 71.5 Å². The second kappa shape index (κ2) is 5.63. The summed E-state index contributed by atoms with van der Waals surface area (Å²) < 4.78 is 32.1. The Hall–Kier alpha value is -2.24. The molecule has 3 nitrogen and oxygen atoms in total. The van der Waals surface area contributed by atoms with E-state index in [1.165, 1.54) is 24.3 Å². The van der Waals surface area contributed by atoms with Crippen molar-refractivity contribution in [3.63, 3.8) is 0 Å². The Morgan fingerprint density at radius 2 is 1.86 bits per heavy atom. The van der Waals surface area contributed by atoms with Crippen LogP contribution in [0.1, 0.15) is 17.4 Å². The van der Waals surface area contributed by atoms with Crippen molar-refractivity contribution in [3.8, 4) is 0 Å². The average Bonchev–Trinajstić information content (AvgIpc) is 2.87. The summed E-state index contributed by atoms with van der Waals surface area (Å²) in [5, 5.41) is 0.671. The number of furan rings is 1. The molecule has 0 bridgehead atoms. The Morgan fingerprint density at radius 3 is 2.62 bits per heavy atom. The van der Waals surface area contributed by atoms with Crippen molar-refractivity contribution in [1.29, 1.82) is 0 Å². The molecule has 0 aliphatic carbocycles. The van der Waals surface area contributed by atoms with Gasteiger partial charge in [-0.1, -0.05) is 12.1 Å². The predicted molar refractivity (Wildman–Crippen MR) is 76.3 cm³/mol. The van der Waals surface area contributed by atoms with Gasteiger partial charge < -0.3 is 4.42 Å². The van der Waals surface area contributed by atoms with Gasteiger partial charge in [0, 0.05) is 5.39 Å². The number of fused-ring (bicyclic) bond motifs is 1. The normalized spacial score (nSPS) is 12.7. The Bertz CT molecular complexity index is 770. The highest BCUT2D eigenvalue weighted by Crippen LogP contribution is 2.26. The van der Waals surface area contributed by atoms with E-state index in [9.17, 15) is 8.78 Å². The standard InChI is InChI=1S/C16H14F2N2O/c17-12-3-1-2-10(6-12)7-14(20-19)16-9-11-8-13(18)4-5-15(11)21-16/h1-6,8-9,14,20H,7,19H2. The van der Waals surface area contributed by atoms with Crippen LogP contribution in [0.25, 0.3) is 11.0 Å². The number of hydrazine groups is 1. The number of hydrogen-bond acceptors (Lipinski definition) is 3. The molecule has 0 amide bonds. The van der Waals surface area contributed by atoms with Crippen molar-refractivity contribution < 1.29 is 13.2 Å². The van der Waals surface area contributed by atoms with Crippen molar-refractivity contribution in [2.75, 3.05) is 0 Å². The lowest BCUT2D eigenvalue weighted by atomic mass is 10.0. The molecule has 2 aromatic carbocycles. The van der Waals surface area contributed by atoms with Gasteiger partial charge in [0.15, 0.2) is 0 Å². The van der Waals surface area contributed by atoms with Crippen LogP contribution < -0.4 is 11.3 Å². The van der Waals surface area contributed by atoms with E-state index in [0.29, 0.717) is 23.2 Å². The van der Waals surface area contributed by atoms with E-state index in [0.717, 1.165) is 5.56 Å². The summed E-state index contributed by atoms with van der Waals surface area (Å²) in [6, 6.07) is 12.0. The van der Waals surface area contributed by atoms with Gasteiger partial charge in [-0.3, -0.25) is 5.84 Å². The van der Waals surface area contributed by atoms with Gasteiger partial charge in [0.1, 0.15) is 23.0 Å². The van der Waals surface area contributed by atoms with Gasteiger partial charge in [0.2, 0.25) is 0 Å². The van der Waals surface area contributed by atoms with Gasteiger partial charge in [0.05, 0.1) is 6.04 Å². The molecule has 5 heteroatoms. The van der Waals surface area contributed by atoms with Gasteiger partial charge in [0.25, 0.3) is 0 Å². The summed E-state index contributed by atoms with van der Waals surface area (Å²) in [5.41, 5.74) is 4.04. The van der Waals surface area contributed by atoms with Crippen LogP contribution in [0.5, 0.6) is 0 Å². The first-order valence-corrected chi connectivity index (χ1v) is 6.55. The topological polar surface area (TPSA) is 51.2 Å². The Kier molecular flexibility index (Phi) is 3.68. The molecular weight excluding hydrogens is 274 g/mol. The van der Waals surface area contributed by atoms with Crippen molar-refractivity contribution >= 4 is 11.0 Å². The molecule has 0 fully saturated rings. The molecule has 1 aromatic heterocycles. The monoisotopic (exact) mass is 288 g/mol. The third-order valence-corrected chi connectivity index (χ3v) is 3.37. The minimum Gasteiger partial charge on any atom is -0.459 e. The largest absolute Gasteiger partial charge is 0.459 e. The Morgan fingerprint density at radius 1 is 1.05 bits per heavy atom. The molecule has 0 saturated carbocycles. The lowest BCUT2D eigenvalue weighted by molar-refractivity contribution is 0.434. The van der Waals surface area contributed by atoms with E-state index in [2.05, 4.69) is 5.43 Å². The molecular formula is C16H14F2N2O. The maximum atomic E-state index is 13.2. The van der Waals surface area contributed by atoms with E-state index in [-0.39, 0.29) is 17.7 Å². The molecule has 1 atom stereocenters. The van der Waals surface area contributed by atoms with Gasteiger partial charge in [-0.15, -0.1) is 0 Å². The fourth-order valence-electron chi connectivity index (χ4n) is 2.35. The van der Waals surface area contributed by atoms with Gasteiger partial charge in [-0.25, -0.2) is 14.2 Å². The Labute approximate surface area is 120 Å². The molecule has 0 saturated heterocycles. The summed E-state index contributed by atoms with van der Waals surface area (Å²) in [7, 11) is 0. The molecule has 1 unspecified atom stereocenters. The van der Waals surface area contributed by atoms with Gasteiger partial charge in [-0.2, -0.15) is 0 Å². The second-order valence-electron chi connectivity index (χ2n) is 4.88. The molecule has 0 aliphatic rings. The minimum absolute atomic E-state index is 0.296. The fourth-order valence-corrected chi connectivity index (χ4v) is 2.35. The zero-order valence-electron chi connectivity index (χ0n) is 11.1. The lowest BCUT2D eigenvalue weighted by Gasteiger charge is -2.13. The predicted octanol–water partition coefficient (Wildman–Crippen LogP) is 3.46. The fraction of sp³-hybridized carbons (Fsp3) is 0.125. The van der Waals surface area contributed by atoms with Crippen molar-refractivity contribution in [2.45, 2.75) is 12.5 Å². The molecule has 0 aliphatic heterocycles. The maximum Gasteiger partial charge on any atom is 0.134 e. The van der Waals surface area contributed by atoms with Crippen LogP contribution in [0, 0.1) is 11.6 Å². The number of nitrogens with one attached hydrogen (secondary N) is 1. The highest BCUT2D eigenvalue weighted by molar-refractivity contribution is 5.78. The maximum absolute atomic E-state index is 13.2. The third-order valence-electron chi connectivity index (χ3n) is 3.37. The molecule has 21 heavy (non-hydrogen) atoms. The van der Waals surface area contributed by atoms with Crippen LogP contribution in [0.15, 0.2) is 52.9 Å². The van der Waals surface area contributed by atoms with E-state index >= 15 is 0 Å². The first kappa shape index (κ1) is 13.7. The zero-order chi connectivity index (χ0) is 14.8. The van der Waals surface area contributed by atoms with Crippen LogP contribution >= 0.6 is 0 Å². The molecule has 3 aromatic rings. The van der Waals surface area contributed by atoms with E-state index in [4.69, 9.17) is 10.3 Å². The number of nitrogens with two attached hydrogens (primary N) is 1. The van der Waals surface area contributed by atoms with Gasteiger partial charge in [-0.05, 0) is 48.4 Å². The number of benzene rings is 2. The smallest absolute Gasteiger partial charge is 0.134 e. The average molecular weight is 288 g/mol. The number of rotatable bonds is 4. The summed E-state index contributed by atoms with van der Waals surface area (Å²) in [6.07, 6.45) is 0.469. The third kappa shape index (κ3) is 2.94. The lowest BCUT2D eigenvalue weighted by Crippen LogP contribution is -2.29. The zero-order valence-corrected chi connectivity index (χ0v) is 11.1. The molecule has 1 heterocycles. The highest BCUT2D eigenvalue weighted by atomic mass is 19.1. The Balaban J connectivity index is 1.90. The first-order chi connectivity index (χ1) is 10.2. The van der Waals surface area contributed by atoms with Crippen LogP contribution in [0.2, 0.25) is 0 Å². The first-order valence-electron chi connectivity index (χ1n) is 6.55. The van der Waals surface area contributed by atoms with E-state index in [1.807, 2.05) is 6.07 Å². The van der Waals surface area contributed by atoms with Crippen molar-refractivity contribution in [2.24, 2.45) is 5.84 Å². The number of hydrogen-bond donors (Lipinski definition) is 2. The van der Waals surface area contributed by atoms with Crippen LogP contribution in [0.3, 0.4) is 0 Å². The summed E-state index contributed by atoms with van der Waals surface area (Å²) >= 11 is 0. The summed E-state index contributed by atoms with van der Waals surface area (Å²) in [5.74, 6) is 5.53. The van der Waals surface area contributed by atoms with Crippen LogP contribution in [0.4, 0.5) is 8.78 Å². The van der Waals surface area contributed by atoms with E-state index in [1.54, 1.807) is 18.2 Å². The van der Waals surface area contributed by atoms with Crippen LogP contribution in [-0.4, -0.2) is 0 Å². The second-order valence-corrected chi connectivity index (χ2v) is 4.88. The van der Waals surface area contributed by atoms with Gasteiger partial charge >= 0.3 is 0 Å². The highest BCUT2D eigenvalue weighted by Gasteiger charge is 2.16. The molecule has 3 N–H and O–H groups in total. The van der Waals surface area contributed by atoms with Crippen molar-refractivity contribution in [1.82, 2.24) is 5.43 Å². The van der Waals surface area contributed by atoms with E-state index < -0.39 is 0 Å². The number of halogens is 2. The molecule has 0 radical (unpaired) electrons. The summed E-state index contributed by atoms with van der Waals surface area (Å²) in [4.78, 5) is 0. The minimum atomic E-state index is -0.322. The molecule has 3 rings (SSSR count). The quantitative estimate of drug-likeness (QED) is 0.571. The SMILES string of the molecule is NNC(Cc1cccc(F)c1)c1cc2cc(F)ccc2o1. The summed E-state index contributed by atoms with van der Waals surface area (Å²) in [6.45, 7) is 0.